The summed E-state index contributed by atoms with van der Waals surface area (Å²) in [5.74, 6) is -1.72. The first kappa shape index (κ1) is 27.6. The van der Waals surface area contributed by atoms with Crippen molar-refractivity contribution in [1.29, 1.82) is 5.26 Å². The number of rotatable bonds is 8. The zero-order valence-electron chi connectivity index (χ0n) is 20.6. The van der Waals surface area contributed by atoms with Crippen molar-refractivity contribution in [2.24, 2.45) is 0 Å². The number of aromatic nitrogens is 1. The van der Waals surface area contributed by atoms with E-state index in [1.54, 1.807) is 43.6 Å². The highest BCUT2D eigenvalue weighted by Gasteiger charge is 2.18. The minimum atomic E-state index is -0.812. The third-order valence-electron chi connectivity index (χ3n) is 5.64. The van der Waals surface area contributed by atoms with Crippen LogP contribution < -0.4 is 15.4 Å². The van der Waals surface area contributed by atoms with E-state index in [1.165, 1.54) is 30.3 Å². The molecule has 3 aromatic carbocycles. The van der Waals surface area contributed by atoms with Crippen LogP contribution in [0.2, 0.25) is 10.0 Å². The molecule has 2 N–H and O–H groups in total. The Balaban J connectivity index is 1.43. The van der Waals surface area contributed by atoms with Crippen LogP contribution in [-0.4, -0.2) is 16.8 Å². The van der Waals surface area contributed by atoms with Gasteiger partial charge in [0.1, 0.15) is 5.75 Å². The fourth-order valence-corrected chi connectivity index (χ4v) is 4.12. The average Bonchev–Trinajstić information content (AvgIpc) is 2.92. The number of nitriles is 1. The van der Waals surface area contributed by atoms with Crippen LogP contribution in [0.4, 0.5) is 10.1 Å². The number of amides is 2. The number of nitrogens with zero attached hydrogens (tertiary/aromatic N) is 2. The molecular formula is C29H21Cl2FN4O3. The van der Waals surface area contributed by atoms with Crippen LogP contribution in [0.1, 0.15) is 32.6 Å². The van der Waals surface area contributed by atoms with E-state index in [0.717, 1.165) is 5.56 Å². The van der Waals surface area contributed by atoms with Crippen LogP contribution in [0.5, 0.6) is 11.5 Å². The Morgan fingerprint density at radius 3 is 2.64 bits per heavy atom. The second kappa shape index (κ2) is 12.4. The van der Waals surface area contributed by atoms with E-state index < -0.39 is 11.7 Å². The molecule has 0 fully saturated rings. The van der Waals surface area contributed by atoms with Gasteiger partial charge in [0.05, 0.1) is 23.1 Å². The summed E-state index contributed by atoms with van der Waals surface area (Å²) in [4.78, 5) is 29.3. The van der Waals surface area contributed by atoms with E-state index in [-0.39, 0.29) is 45.0 Å². The zero-order valence-corrected chi connectivity index (χ0v) is 22.1. The standard InChI is InChI=1S/C29H21Cl2FN4O3/c1-17-9-21(29(38)35-16-18-3-2-8-34-15-18)5-7-25(17)36-26(37)12-20-4-6-24(31)28(27(20)32)39-23-11-19(14-33)10-22(30)13-23/h2-11,13,15H,12,16H2,1H3,(H,35,38)(H,36,37). The summed E-state index contributed by atoms with van der Waals surface area (Å²) in [6.07, 6.45) is 3.03. The molecule has 0 spiro atoms. The van der Waals surface area contributed by atoms with Crippen molar-refractivity contribution in [2.45, 2.75) is 19.9 Å². The first-order valence-corrected chi connectivity index (χ1v) is 12.4. The zero-order chi connectivity index (χ0) is 27.9. The fourth-order valence-electron chi connectivity index (χ4n) is 3.71. The second-order valence-corrected chi connectivity index (χ2v) is 9.38. The lowest BCUT2D eigenvalue weighted by molar-refractivity contribution is -0.115. The summed E-state index contributed by atoms with van der Waals surface area (Å²) in [6, 6.07) is 17.5. The predicted octanol–water partition coefficient (Wildman–Crippen LogP) is 6.61. The first-order chi connectivity index (χ1) is 18.7. The molecule has 1 aromatic heterocycles. The van der Waals surface area contributed by atoms with Gasteiger partial charge in [-0.1, -0.05) is 35.3 Å². The van der Waals surface area contributed by atoms with Crippen LogP contribution in [0.15, 0.2) is 73.1 Å². The second-order valence-electron chi connectivity index (χ2n) is 8.54. The van der Waals surface area contributed by atoms with Gasteiger partial charge in [-0.25, -0.2) is 4.39 Å². The number of pyridine rings is 1. The van der Waals surface area contributed by atoms with Gasteiger partial charge < -0.3 is 15.4 Å². The summed E-state index contributed by atoms with van der Waals surface area (Å²) in [5, 5.41) is 14.9. The molecule has 0 radical (unpaired) electrons. The SMILES string of the molecule is Cc1cc(C(=O)NCc2cccnc2)ccc1NC(=O)Cc1ccc(Cl)c(Oc2cc(Cl)cc(C#N)c2)c1F. The Hall–Kier alpha value is -4.45. The number of benzene rings is 3. The molecule has 39 heavy (non-hydrogen) atoms. The van der Waals surface area contributed by atoms with E-state index in [0.29, 0.717) is 23.4 Å². The molecule has 0 unspecified atom stereocenters. The number of carbonyl (C=O) groups excluding carboxylic acids is 2. The van der Waals surface area contributed by atoms with Crippen LogP contribution in [0.25, 0.3) is 0 Å². The maximum atomic E-state index is 15.3. The van der Waals surface area contributed by atoms with Crippen molar-refractivity contribution in [2.75, 3.05) is 5.32 Å². The van der Waals surface area contributed by atoms with Crippen molar-refractivity contribution in [3.8, 4) is 17.6 Å². The van der Waals surface area contributed by atoms with Gasteiger partial charge >= 0.3 is 0 Å². The average molecular weight is 563 g/mol. The number of halogens is 3. The Kier molecular flexibility index (Phi) is 8.77. The Labute approximate surface area is 234 Å². The molecule has 0 saturated heterocycles. The lowest BCUT2D eigenvalue weighted by Gasteiger charge is -2.13. The van der Waals surface area contributed by atoms with Crippen LogP contribution in [0, 0.1) is 24.1 Å². The van der Waals surface area contributed by atoms with Gasteiger partial charge in [-0.2, -0.15) is 5.26 Å². The summed E-state index contributed by atoms with van der Waals surface area (Å²) in [7, 11) is 0. The highest BCUT2D eigenvalue weighted by atomic mass is 35.5. The van der Waals surface area contributed by atoms with Gasteiger partial charge in [0.25, 0.3) is 5.91 Å². The fraction of sp³-hybridized carbons (Fsp3) is 0.103. The maximum absolute atomic E-state index is 15.3. The smallest absolute Gasteiger partial charge is 0.251 e. The highest BCUT2D eigenvalue weighted by molar-refractivity contribution is 6.32. The highest BCUT2D eigenvalue weighted by Crippen LogP contribution is 2.35. The van der Waals surface area contributed by atoms with Gasteiger partial charge in [-0.3, -0.25) is 14.6 Å². The number of aryl methyl sites for hydroxylation is 1. The summed E-state index contributed by atoms with van der Waals surface area (Å²) in [5.41, 5.74) is 2.73. The largest absolute Gasteiger partial charge is 0.453 e. The van der Waals surface area contributed by atoms with Crippen molar-refractivity contribution in [3.63, 3.8) is 0 Å². The first-order valence-electron chi connectivity index (χ1n) is 11.7. The molecule has 0 aliphatic carbocycles. The molecule has 1 heterocycles. The van der Waals surface area contributed by atoms with E-state index in [9.17, 15) is 9.59 Å². The van der Waals surface area contributed by atoms with Gasteiger partial charge in [0.2, 0.25) is 5.91 Å². The number of carbonyl (C=O) groups is 2. The molecule has 0 saturated carbocycles. The molecule has 0 aliphatic heterocycles. The summed E-state index contributed by atoms with van der Waals surface area (Å²) < 4.78 is 20.9. The van der Waals surface area contributed by atoms with Crippen molar-refractivity contribution in [1.82, 2.24) is 10.3 Å². The number of hydrogen-bond acceptors (Lipinski definition) is 5. The summed E-state index contributed by atoms with van der Waals surface area (Å²) in [6.45, 7) is 2.09. The van der Waals surface area contributed by atoms with Gasteiger partial charge in [0.15, 0.2) is 11.6 Å². The third-order valence-corrected chi connectivity index (χ3v) is 6.15. The van der Waals surface area contributed by atoms with E-state index >= 15 is 4.39 Å². The van der Waals surface area contributed by atoms with Gasteiger partial charge in [-0.15, -0.1) is 0 Å². The maximum Gasteiger partial charge on any atom is 0.251 e. The number of anilines is 1. The molecule has 0 aliphatic rings. The molecule has 7 nitrogen and oxygen atoms in total. The lowest BCUT2D eigenvalue weighted by atomic mass is 10.1. The van der Waals surface area contributed by atoms with Gasteiger partial charge in [0, 0.05) is 40.8 Å². The molecule has 4 rings (SSSR count). The van der Waals surface area contributed by atoms with E-state index in [2.05, 4.69) is 15.6 Å². The van der Waals surface area contributed by atoms with Crippen LogP contribution >= 0.6 is 23.2 Å². The molecular weight excluding hydrogens is 542 g/mol. The van der Waals surface area contributed by atoms with Crippen LogP contribution in [-0.2, 0) is 17.8 Å². The monoisotopic (exact) mass is 562 g/mol. The number of nitrogens with one attached hydrogen (secondary N) is 2. The molecule has 2 amide bonds. The summed E-state index contributed by atoms with van der Waals surface area (Å²) >= 11 is 12.1. The minimum absolute atomic E-state index is 0.0108. The minimum Gasteiger partial charge on any atom is -0.453 e. The Bertz CT molecular complexity index is 1590. The lowest BCUT2D eigenvalue weighted by Crippen LogP contribution is -2.23. The molecule has 10 heteroatoms. The molecule has 4 aromatic rings. The number of ether oxygens (including phenoxy) is 1. The van der Waals surface area contributed by atoms with E-state index in [1.807, 2.05) is 12.1 Å². The topological polar surface area (TPSA) is 104 Å². The predicted molar refractivity (Wildman–Crippen MR) is 147 cm³/mol. The normalized spacial score (nSPS) is 10.4. The molecule has 0 bridgehead atoms. The number of hydrogen-bond donors (Lipinski definition) is 2. The Morgan fingerprint density at radius 1 is 1.10 bits per heavy atom. The van der Waals surface area contributed by atoms with E-state index in [4.69, 9.17) is 33.2 Å². The molecule has 196 valence electrons. The third kappa shape index (κ3) is 7.11. The van der Waals surface area contributed by atoms with Crippen molar-refractivity contribution >= 4 is 40.7 Å². The molecule has 0 atom stereocenters. The quantitative estimate of drug-likeness (QED) is 0.251. The Morgan fingerprint density at radius 2 is 1.92 bits per heavy atom. The van der Waals surface area contributed by atoms with Gasteiger partial charge in [-0.05, 0) is 66.6 Å². The van der Waals surface area contributed by atoms with Crippen molar-refractivity contribution in [3.05, 3.63) is 117 Å². The van der Waals surface area contributed by atoms with Crippen LogP contribution in [0.3, 0.4) is 0 Å². The van der Waals surface area contributed by atoms with Crippen molar-refractivity contribution < 1.29 is 18.7 Å².